The molecular formula is C16H21BrFN3O3. The molecule has 3 rings (SSSR count). The predicted molar refractivity (Wildman–Crippen MR) is 92.0 cm³/mol. The lowest BCUT2D eigenvalue weighted by Crippen LogP contribution is -2.58. The van der Waals surface area contributed by atoms with Crippen molar-refractivity contribution in [1.82, 2.24) is 4.90 Å². The van der Waals surface area contributed by atoms with E-state index in [2.05, 4.69) is 25.7 Å². The van der Waals surface area contributed by atoms with E-state index in [0.717, 1.165) is 4.47 Å². The number of hydrogen-bond acceptors (Lipinski definition) is 5. The number of hydrogen-bond donors (Lipinski definition) is 1. The molecule has 1 saturated heterocycles. The zero-order valence-corrected chi connectivity index (χ0v) is 15.5. The maximum Gasteiger partial charge on any atom is 0.235 e. The fourth-order valence-electron chi connectivity index (χ4n) is 2.99. The lowest BCUT2D eigenvalue weighted by molar-refractivity contribution is -0.140. The number of aliphatic imine (C=N–C) groups is 1. The van der Waals surface area contributed by atoms with E-state index in [1.807, 2.05) is 0 Å². The van der Waals surface area contributed by atoms with Gasteiger partial charge in [0.1, 0.15) is 11.4 Å². The van der Waals surface area contributed by atoms with Crippen LogP contribution in [0.5, 0.6) is 0 Å². The van der Waals surface area contributed by atoms with Crippen LogP contribution in [0.4, 0.5) is 4.39 Å². The molecule has 132 valence electrons. The number of guanidine groups is 1. The first-order valence-electron chi connectivity index (χ1n) is 7.43. The molecule has 0 saturated carbocycles. The minimum Gasteiger partial charge on any atom is -0.388 e. The van der Waals surface area contributed by atoms with Crippen molar-refractivity contribution in [3.05, 3.63) is 34.1 Å². The number of fused-ring (bicyclic) bond motifs is 1. The molecule has 2 aliphatic rings. The Bertz CT molecular complexity index is 655. The summed E-state index contributed by atoms with van der Waals surface area (Å²) >= 11 is 3.34. The van der Waals surface area contributed by atoms with Gasteiger partial charge in [0.25, 0.3) is 0 Å². The second-order valence-electron chi connectivity index (χ2n) is 5.72. The minimum absolute atomic E-state index is 0.0844. The molecule has 2 aliphatic heterocycles. The second-order valence-corrected chi connectivity index (χ2v) is 6.63. The monoisotopic (exact) mass is 401 g/mol. The van der Waals surface area contributed by atoms with Gasteiger partial charge in [-0.05, 0) is 24.6 Å². The molecule has 24 heavy (non-hydrogen) atoms. The number of amides is 1. The minimum atomic E-state index is -1.08. The van der Waals surface area contributed by atoms with E-state index < -0.39 is 17.3 Å². The Morgan fingerprint density at radius 2 is 2.17 bits per heavy atom. The first kappa shape index (κ1) is 18.8. The number of methoxy groups -OCH3 is 1. The molecule has 2 atom stereocenters. The Morgan fingerprint density at radius 1 is 1.50 bits per heavy atom. The van der Waals surface area contributed by atoms with Crippen molar-refractivity contribution >= 4 is 27.8 Å². The van der Waals surface area contributed by atoms with E-state index in [4.69, 9.17) is 10.5 Å². The predicted octanol–water partition coefficient (Wildman–Crippen LogP) is 1.87. The molecule has 0 aromatic heterocycles. The molecule has 6 nitrogen and oxygen atoms in total. The van der Waals surface area contributed by atoms with Gasteiger partial charge >= 0.3 is 0 Å². The highest BCUT2D eigenvalue weighted by Gasteiger charge is 2.52. The zero-order chi connectivity index (χ0) is 17.9. The highest BCUT2D eigenvalue weighted by atomic mass is 79.9. The summed E-state index contributed by atoms with van der Waals surface area (Å²) in [7, 11) is 4.83. The van der Waals surface area contributed by atoms with Crippen molar-refractivity contribution in [3.63, 3.8) is 0 Å². The highest BCUT2D eigenvalue weighted by molar-refractivity contribution is 9.10. The van der Waals surface area contributed by atoms with Gasteiger partial charge in [0.2, 0.25) is 5.91 Å². The first-order chi connectivity index (χ1) is 11.4. The normalized spacial score (nSPS) is 26.2. The van der Waals surface area contributed by atoms with E-state index in [0.29, 0.717) is 18.6 Å². The zero-order valence-electron chi connectivity index (χ0n) is 13.9. The molecule has 8 heteroatoms. The number of carbonyl (C=O) groups excluding carboxylic acids is 1. The van der Waals surface area contributed by atoms with Crippen LogP contribution in [0, 0.1) is 11.7 Å². The van der Waals surface area contributed by atoms with Gasteiger partial charge in [-0.3, -0.25) is 9.69 Å². The fraction of sp³-hybridized carbons (Fsp3) is 0.500. The van der Waals surface area contributed by atoms with Gasteiger partial charge in [-0.25, -0.2) is 9.38 Å². The molecule has 2 N–H and O–H groups in total. The number of nitrogens with two attached hydrogens (primary N) is 1. The van der Waals surface area contributed by atoms with Crippen LogP contribution in [-0.4, -0.2) is 51.2 Å². The molecule has 2 heterocycles. The molecule has 1 fully saturated rings. The van der Waals surface area contributed by atoms with Crippen molar-refractivity contribution in [2.45, 2.75) is 12.0 Å². The third-order valence-corrected chi connectivity index (χ3v) is 4.62. The topological polar surface area (TPSA) is 77.2 Å². The average Bonchev–Trinajstić information content (AvgIpc) is 2.56. The van der Waals surface area contributed by atoms with E-state index in [1.165, 1.54) is 11.0 Å². The van der Waals surface area contributed by atoms with Crippen molar-refractivity contribution in [2.24, 2.45) is 16.6 Å². The van der Waals surface area contributed by atoms with Gasteiger partial charge in [-0.1, -0.05) is 15.9 Å². The fourth-order valence-corrected chi connectivity index (χ4v) is 3.35. The number of rotatable bonds is 1. The maximum atomic E-state index is 14.4. The maximum absolute atomic E-state index is 14.4. The number of nitrogens with zero attached hydrogens (tertiary/aromatic N) is 2. The Kier molecular flexibility index (Phi) is 5.95. The summed E-state index contributed by atoms with van der Waals surface area (Å²) in [5.41, 5.74) is 5.11. The van der Waals surface area contributed by atoms with Gasteiger partial charge in [0, 0.05) is 37.9 Å². The van der Waals surface area contributed by atoms with Crippen molar-refractivity contribution in [1.29, 1.82) is 0 Å². The molecule has 1 aromatic carbocycles. The lowest BCUT2D eigenvalue weighted by atomic mass is 9.74. The summed E-state index contributed by atoms with van der Waals surface area (Å²) in [4.78, 5) is 18.3. The van der Waals surface area contributed by atoms with Gasteiger partial charge < -0.3 is 15.2 Å². The van der Waals surface area contributed by atoms with Crippen LogP contribution in [0.3, 0.4) is 0 Å². The third kappa shape index (κ3) is 3.31. The molecule has 0 spiro atoms. The third-order valence-electron chi connectivity index (χ3n) is 4.13. The van der Waals surface area contributed by atoms with Crippen LogP contribution in [-0.2, 0) is 19.8 Å². The standard InChI is InChI=1S/C14H15BrFN3O2.C2H6O/c1-19-12(20)9-4-5-21-7-14(9,18-13(19)17)10-6-8(15)2-3-11(10)16;1-3-2/h2-3,6,9H,4-5,7H2,1H3,(H2,17,18);1-2H3. The van der Waals surface area contributed by atoms with E-state index >= 15 is 0 Å². The molecule has 2 unspecified atom stereocenters. The largest absolute Gasteiger partial charge is 0.388 e. The van der Waals surface area contributed by atoms with Crippen LogP contribution in [0.15, 0.2) is 27.7 Å². The van der Waals surface area contributed by atoms with Gasteiger partial charge in [0.05, 0.1) is 12.5 Å². The van der Waals surface area contributed by atoms with Crippen LogP contribution in [0.25, 0.3) is 0 Å². The number of halogens is 2. The highest BCUT2D eigenvalue weighted by Crippen LogP contribution is 2.44. The van der Waals surface area contributed by atoms with E-state index in [9.17, 15) is 9.18 Å². The number of benzene rings is 1. The molecular weight excluding hydrogens is 381 g/mol. The van der Waals surface area contributed by atoms with Crippen LogP contribution in [0.1, 0.15) is 12.0 Å². The molecule has 1 amide bonds. The average molecular weight is 402 g/mol. The van der Waals surface area contributed by atoms with Crippen molar-refractivity contribution in [2.75, 3.05) is 34.5 Å². The Hall–Kier alpha value is -1.51. The van der Waals surface area contributed by atoms with Crippen molar-refractivity contribution in [3.8, 4) is 0 Å². The summed E-state index contributed by atoms with van der Waals surface area (Å²) in [5, 5.41) is 0. The van der Waals surface area contributed by atoms with E-state index in [1.54, 1.807) is 33.4 Å². The number of ether oxygens (including phenoxy) is 2. The lowest BCUT2D eigenvalue weighted by Gasteiger charge is -2.45. The SMILES string of the molecule is CN1C(=O)C2CCOCC2(c2cc(Br)ccc2F)N=C1N.COC. The molecule has 0 aliphatic carbocycles. The van der Waals surface area contributed by atoms with Crippen LogP contribution in [0.2, 0.25) is 0 Å². The second kappa shape index (κ2) is 7.58. The summed E-state index contributed by atoms with van der Waals surface area (Å²) < 4.78 is 24.8. The quantitative estimate of drug-likeness (QED) is 0.778. The smallest absolute Gasteiger partial charge is 0.235 e. The van der Waals surface area contributed by atoms with Crippen LogP contribution >= 0.6 is 15.9 Å². The van der Waals surface area contributed by atoms with E-state index in [-0.39, 0.29) is 18.5 Å². The molecule has 0 radical (unpaired) electrons. The van der Waals surface area contributed by atoms with Gasteiger partial charge in [-0.2, -0.15) is 0 Å². The first-order valence-corrected chi connectivity index (χ1v) is 8.23. The number of carbonyl (C=O) groups is 1. The van der Waals surface area contributed by atoms with Gasteiger partial charge in [-0.15, -0.1) is 0 Å². The Labute approximate surface area is 148 Å². The summed E-state index contributed by atoms with van der Waals surface area (Å²) in [6.45, 7) is 0.600. The Morgan fingerprint density at radius 3 is 2.83 bits per heavy atom. The summed E-state index contributed by atoms with van der Waals surface area (Å²) in [6, 6.07) is 4.61. The summed E-state index contributed by atoms with van der Waals surface area (Å²) in [5.74, 6) is -0.943. The van der Waals surface area contributed by atoms with Gasteiger partial charge in [0.15, 0.2) is 5.96 Å². The molecule has 0 bridgehead atoms. The van der Waals surface area contributed by atoms with Crippen molar-refractivity contribution < 1.29 is 18.7 Å². The summed E-state index contributed by atoms with van der Waals surface area (Å²) in [6.07, 6.45) is 0.492. The van der Waals surface area contributed by atoms with Crippen LogP contribution < -0.4 is 5.73 Å². The Balaban J connectivity index is 0.000000647. The molecule has 1 aromatic rings.